The molecule has 0 saturated carbocycles. The maximum absolute atomic E-state index is 5.09. The largest absolute Gasteiger partial charge is 0.380 e. The van der Waals surface area contributed by atoms with Crippen LogP contribution in [0, 0.1) is 0 Å². The van der Waals surface area contributed by atoms with E-state index in [4.69, 9.17) is 4.74 Å². The molecule has 1 aromatic carbocycles. The van der Waals surface area contributed by atoms with Crippen LogP contribution in [0.4, 0.5) is 0 Å². The first kappa shape index (κ1) is 13.8. The van der Waals surface area contributed by atoms with E-state index in [0.29, 0.717) is 6.61 Å². The Labute approximate surface area is 114 Å². The summed E-state index contributed by atoms with van der Waals surface area (Å²) in [6.45, 7) is 2.50. The van der Waals surface area contributed by atoms with Crippen molar-refractivity contribution in [3.05, 3.63) is 53.3 Å². The third-order valence-electron chi connectivity index (χ3n) is 2.99. The smallest absolute Gasteiger partial charge is 0.0713 e. The van der Waals surface area contributed by atoms with Crippen LogP contribution in [0.25, 0.3) is 0 Å². The second-order valence-corrected chi connectivity index (χ2v) is 4.66. The monoisotopic (exact) mass is 259 g/mol. The van der Waals surface area contributed by atoms with Crippen LogP contribution in [-0.2, 0) is 31.4 Å². The molecule has 19 heavy (non-hydrogen) atoms. The Morgan fingerprint density at radius 1 is 1.16 bits per heavy atom. The molecule has 0 aliphatic rings. The molecule has 0 amide bonds. The highest BCUT2D eigenvalue weighted by atomic mass is 16.5. The van der Waals surface area contributed by atoms with Crippen molar-refractivity contribution >= 4 is 0 Å². The second kappa shape index (κ2) is 7.07. The summed E-state index contributed by atoms with van der Waals surface area (Å²) in [5, 5.41) is 7.78. The van der Waals surface area contributed by atoms with Crippen molar-refractivity contribution in [2.75, 3.05) is 13.7 Å². The van der Waals surface area contributed by atoms with Crippen LogP contribution in [0.1, 0.15) is 16.8 Å². The van der Waals surface area contributed by atoms with E-state index >= 15 is 0 Å². The summed E-state index contributed by atoms with van der Waals surface area (Å²) in [4.78, 5) is 0. The number of hydrogen-bond acceptors (Lipinski definition) is 3. The minimum Gasteiger partial charge on any atom is -0.380 e. The normalized spacial score (nSPS) is 10.8. The number of aryl methyl sites for hydroxylation is 1. The average Bonchev–Trinajstić information content (AvgIpc) is 2.83. The molecule has 0 radical (unpaired) electrons. The fourth-order valence-electron chi connectivity index (χ4n) is 1.97. The molecule has 4 heteroatoms. The van der Waals surface area contributed by atoms with Crippen LogP contribution < -0.4 is 5.32 Å². The summed E-state index contributed by atoms with van der Waals surface area (Å²) in [5.74, 6) is 0. The number of aromatic nitrogens is 2. The molecule has 2 aromatic rings. The standard InChI is InChI=1S/C15H21N3O/c1-18-10-8-15(17-18)7-9-16-11-13-3-5-14(6-4-13)12-19-2/h3-6,8,10,16H,7,9,11-12H2,1-2H3. The summed E-state index contributed by atoms with van der Waals surface area (Å²) in [7, 11) is 3.66. The molecule has 2 rings (SSSR count). The lowest BCUT2D eigenvalue weighted by Gasteiger charge is -2.05. The van der Waals surface area contributed by atoms with E-state index in [0.717, 1.165) is 25.2 Å². The Hall–Kier alpha value is -1.65. The lowest BCUT2D eigenvalue weighted by molar-refractivity contribution is 0.185. The van der Waals surface area contributed by atoms with E-state index in [1.54, 1.807) is 7.11 Å². The van der Waals surface area contributed by atoms with Gasteiger partial charge in [-0.3, -0.25) is 4.68 Å². The van der Waals surface area contributed by atoms with Crippen LogP contribution in [0.3, 0.4) is 0 Å². The van der Waals surface area contributed by atoms with Gasteiger partial charge in [0.25, 0.3) is 0 Å². The zero-order valence-corrected chi connectivity index (χ0v) is 11.6. The molecule has 4 nitrogen and oxygen atoms in total. The summed E-state index contributed by atoms with van der Waals surface area (Å²) in [6.07, 6.45) is 2.94. The predicted molar refractivity (Wildman–Crippen MR) is 75.8 cm³/mol. The molecule has 0 bridgehead atoms. The molecule has 0 aliphatic carbocycles. The molecular formula is C15H21N3O. The van der Waals surface area contributed by atoms with Crippen molar-refractivity contribution in [3.63, 3.8) is 0 Å². The first-order chi connectivity index (χ1) is 9.28. The highest BCUT2D eigenvalue weighted by molar-refractivity contribution is 5.21. The van der Waals surface area contributed by atoms with Crippen molar-refractivity contribution in [3.8, 4) is 0 Å². The molecule has 0 fully saturated rings. The summed E-state index contributed by atoms with van der Waals surface area (Å²) >= 11 is 0. The van der Waals surface area contributed by atoms with Crippen molar-refractivity contribution in [2.24, 2.45) is 7.05 Å². The van der Waals surface area contributed by atoms with Crippen molar-refractivity contribution in [1.82, 2.24) is 15.1 Å². The van der Waals surface area contributed by atoms with Gasteiger partial charge >= 0.3 is 0 Å². The lowest BCUT2D eigenvalue weighted by atomic mass is 10.1. The Morgan fingerprint density at radius 2 is 1.89 bits per heavy atom. The first-order valence-corrected chi connectivity index (χ1v) is 6.54. The summed E-state index contributed by atoms with van der Waals surface area (Å²) < 4.78 is 6.93. The lowest BCUT2D eigenvalue weighted by Crippen LogP contribution is -2.17. The van der Waals surface area contributed by atoms with E-state index in [1.165, 1.54) is 11.1 Å². The third kappa shape index (κ3) is 4.50. The van der Waals surface area contributed by atoms with Crippen molar-refractivity contribution in [1.29, 1.82) is 0 Å². The van der Waals surface area contributed by atoms with Gasteiger partial charge in [-0.15, -0.1) is 0 Å². The molecule has 102 valence electrons. The highest BCUT2D eigenvalue weighted by Gasteiger charge is 1.97. The fourth-order valence-corrected chi connectivity index (χ4v) is 1.97. The van der Waals surface area contributed by atoms with Gasteiger partial charge in [0, 0.05) is 39.9 Å². The van der Waals surface area contributed by atoms with E-state index in [-0.39, 0.29) is 0 Å². The Bertz CT molecular complexity index is 490. The molecular weight excluding hydrogens is 238 g/mol. The number of ether oxygens (including phenoxy) is 1. The molecule has 0 unspecified atom stereocenters. The van der Waals surface area contributed by atoms with Crippen LogP contribution in [-0.4, -0.2) is 23.4 Å². The third-order valence-corrected chi connectivity index (χ3v) is 2.99. The van der Waals surface area contributed by atoms with Gasteiger partial charge in [-0.2, -0.15) is 5.10 Å². The van der Waals surface area contributed by atoms with Gasteiger partial charge in [0.05, 0.1) is 12.3 Å². The summed E-state index contributed by atoms with van der Waals surface area (Å²) in [5.41, 5.74) is 3.63. The van der Waals surface area contributed by atoms with Gasteiger partial charge in [-0.05, 0) is 17.2 Å². The van der Waals surface area contributed by atoms with Crippen molar-refractivity contribution < 1.29 is 4.74 Å². The molecule has 0 aliphatic heterocycles. The molecule has 0 spiro atoms. The van der Waals surface area contributed by atoms with Gasteiger partial charge in [0.1, 0.15) is 0 Å². The van der Waals surface area contributed by atoms with Crippen LogP contribution in [0.15, 0.2) is 36.5 Å². The van der Waals surface area contributed by atoms with Crippen LogP contribution >= 0.6 is 0 Å². The van der Waals surface area contributed by atoms with Gasteiger partial charge < -0.3 is 10.1 Å². The zero-order chi connectivity index (χ0) is 13.5. The van der Waals surface area contributed by atoms with E-state index < -0.39 is 0 Å². The van der Waals surface area contributed by atoms with E-state index in [2.05, 4.69) is 40.7 Å². The molecule has 1 heterocycles. The van der Waals surface area contributed by atoms with Crippen LogP contribution in [0.5, 0.6) is 0 Å². The maximum atomic E-state index is 5.09. The molecule has 0 saturated heterocycles. The molecule has 0 atom stereocenters. The van der Waals surface area contributed by atoms with Gasteiger partial charge in [-0.25, -0.2) is 0 Å². The SMILES string of the molecule is COCc1ccc(CNCCc2ccn(C)n2)cc1. The van der Waals surface area contributed by atoms with E-state index in [1.807, 2.05) is 17.9 Å². The van der Waals surface area contributed by atoms with Crippen LogP contribution in [0.2, 0.25) is 0 Å². The fraction of sp³-hybridized carbons (Fsp3) is 0.400. The minimum absolute atomic E-state index is 0.674. The topological polar surface area (TPSA) is 39.1 Å². The van der Waals surface area contributed by atoms with Gasteiger partial charge in [-0.1, -0.05) is 24.3 Å². The molecule has 1 aromatic heterocycles. The van der Waals surface area contributed by atoms with Crippen molar-refractivity contribution in [2.45, 2.75) is 19.6 Å². The Balaban J connectivity index is 1.70. The van der Waals surface area contributed by atoms with Gasteiger partial charge in [0.2, 0.25) is 0 Å². The number of rotatable bonds is 7. The highest BCUT2D eigenvalue weighted by Crippen LogP contribution is 2.05. The zero-order valence-electron chi connectivity index (χ0n) is 11.6. The Morgan fingerprint density at radius 3 is 2.53 bits per heavy atom. The number of nitrogens with zero attached hydrogens (tertiary/aromatic N) is 2. The first-order valence-electron chi connectivity index (χ1n) is 6.54. The second-order valence-electron chi connectivity index (χ2n) is 4.66. The number of benzene rings is 1. The maximum Gasteiger partial charge on any atom is 0.0713 e. The van der Waals surface area contributed by atoms with Gasteiger partial charge in [0.15, 0.2) is 0 Å². The quantitative estimate of drug-likeness (QED) is 0.772. The Kier molecular flexibility index (Phi) is 5.12. The average molecular weight is 259 g/mol. The molecule has 1 N–H and O–H groups in total. The predicted octanol–water partition coefficient (Wildman–Crippen LogP) is 1.90. The number of methoxy groups -OCH3 is 1. The number of hydrogen-bond donors (Lipinski definition) is 1. The number of nitrogens with one attached hydrogen (secondary N) is 1. The minimum atomic E-state index is 0.674. The van der Waals surface area contributed by atoms with E-state index in [9.17, 15) is 0 Å². The summed E-state index contributed by atoms with van der Waals surface area (Å²) in [6, 6.07) is 10.6.